The Bertz CT molecular complexity index is 1190. The van der Waals surface area contributed by atoms with Gasteiger partial charge in [-0.3, -0.25) is 0 Å². The Morgan fingerprint density at radius 2 is 1.97 bits per heavy atom. The minimum atomic E-state index is -0.932. The average molecular weight is 490 g/mol. The molecule has 4 heterocycles. The van der Waals surface area contributed by atoms with E-state index in [-0.39, 0.29) is 60.6 Å². The van der Waals surface area contributed by atoms with Crippen molar-refractivity contribution >= 4 is 29.4 Å². The second kappa shape index (κ2) is 9.14. The van der Waals surface area contributed by atoms with Gasteiger partial charge in [0.05, 0.1) is 44.2 Å². The van der Waals surface area contributed by atoms with Crippen molar-refractivity contribution in [3.05, 3.63) is 52.9 Å². The number of carbonyl (C=O) groups is 1. The minimum Gasteiger partial charge on any atom is -0.463 e. The number of pyridine rings is 1. The smallest absolute Gasteiger partial charge is 0.335 e. The molecule has 3 aliphatic heterocycles. The van der Waals surface area contributed by atoms with E-state index in [1.54, 1.807) is 11.8 Å². The van der Waals surface area contributed by atoms with Crippen molar-refractivity contribution in [1.82, 2.24) is 4.98 Å². The summed E-state index contributed by atoms with van der Waals surface area (Å²) in [6.07, 6.45) is 1.47. The highest BCUT2D eigenvalue weighted by molar-refractivity contribution is 5.98. The first-order chi connectivity index (χ1) is 16.8. The van der Waals surface area contributed by atoms with Crippen LogP contribution in [0.3, 0.4) is 0 Å². The van der Waals surface area contributed by atoms with E-state index in [1.165, 1.54) is 23.1 Å². The van der Waals surface area contributed by atoms with Crippen LogP contribution in [0.4, 0.5) is 30.5 Å². The first-order valence-electron chi connectivity index (χ1n) is 11.4. The fraction of sp³-hybridized carbons (Fsp3) is 0.417. The molecule has 0 aliphatic carbocycles. The largest absolute Gasteiger partial charge is 0.463 e. The molecule has 0 saturated carbocycles. The van der Waals surface area contributed by atoms with Gasteiger partial charge < -0.3 is 29.7 Å². The molecule has 11 heteroatoms. The van der Waals surface area contributed by atoms with Crippen LogP contribution in [-0.2, 0) is 19.0 Å². The zero-order valence-corrected chi connectivity index (χ0v) is 19.1. The van der Waals surface area contributed by atoms with Gasteiger partial charge in [0, 0.05) is 30.6 Å². The zero-order valence-electron chi connectivity index (χ0n) is 19.1. The maximum atomic E-state index is 15.4. The number of nitrogens with zero attached hydrogens (tertiary/aromatic N) is 3. The first-order valence-corrected chi connectivity index (χ1v) is 11.4. The number of halogens is 3. The van der Waals surface area contributed by atoms with Gasteiger partial charge in [0.25, 0.3) is 0 Å². The van der Waals surface area contributed by atoms with E-state index in [2.05, 4.69) is 4.98 Å². The van der Waals surface area contributed by atoms with E-state index in [1.807, 2.05) is 0 Å². The van der Waals surface area contributed by atoms with Crippen LogP contribution >= 0.6 is 0 Å². The number of anilines is 3. The molecule has 1 spiro atoms. The van der Waals surface area contributed by atoms with E-state index in [0.29, 0.717) is 19.8 Å². The van der Waals surface area contributed by atoms with Crippen molar-refractivity contribution in [2.75, 3.05) is 55.8 Å². The summed E-state index contributed by atoms with van der Waals surface area (Å²) in [5.74, 6) is -3.71. The van der Waals surface area contributed by atoms with E-state index in [4.69, 9.17) is 19.9 Å². The van der Waals surface area contributed by atoms with Crippen molar-refractivity contribution < 1.29 is 32.2 Å². The number of hydrogen-bond donors (Lipinski definition) is 1. The van der Waals surface area contributed by atoms with Crippen LogP contribution in [0.2, 0.25) is 0 Å². The Kier molecular flexibility index (Phi) is 6.16. The lowest BCUT2D eigenvalue weighted by Crippen LogP contribution is -2.42. The molecular weight excluding hydrogens is 465 g/mol. The molecule has 2 fully saturated rings. The molecule has 2 saturated heterocycles. The van der Waals surface area contributed by atoms with Crippen molar-refractivity contribution in [3.63, 3.8) is 0 Å². The third-order valence-corrected chi connectivity index (χ3v) is 6.45. The predicted molar refractivity (Wildman–Crippen MR) is 122 cm³/mol. The number of benzene rings is 1. The van der Waals surface area contributed by atoms with Gasteiger partial charge >= 0.3 is 5.97 Å². The molecule has 3 aliphatic rings. The van der Waals surface area contributed by atoms with Gasteiger partial charge in [0.1, 0.15) is 17.5 Å². The van der Waals surface area contributed by atoms with Crippen LogP contribution < -0.4 is 15.5 Å². The number of rotatable bonds is 5. The fourth-order valence-corrected chi connectivity index (χ4v) is 4.83. The number of esters is 1. The third-order valence-electron chi connectivity index (χ3n) is 6.45. The maximum Gasteiger partial charge on any atom is 0.335 e. The summed E-state index contributed by atoms with van der Waals surface area (Å²) in [5, 5.41) is 0. The van der Waals surface area contributed by atoms with Crippen LogP contribution in [0.25, 0.3) is 6.08 Å². The number of carbonyl (C=O) groups excluding carboxylic acids is 1. The molecule has 5 rings (SSSR count). The Balaban J connectivity index is 1.58. The second-order valence-electron chi connectivity index (χ2n) is 8.60. The SMILES string of the molecule is CCOC(=O)C1=Cc2cc(F)c(N3CC(CN)C4(C3)OCCO4)nc2N(c2ccc(F)cc2F)C1. The van der Waals surface area contributed by atoms with Crippen LogP contribution in [0.1, 0.15) is 12.5 Å². The molecule has 1 atom stereocenters. The summed E-state index contributed by atoms with van der Waals surface area (Å²) < 4.78 is 60.6. The molecule has 1 unspecified atom stereocenters. The molecule has 35 heavy (non-hydrogen) atoms. The van der Waals surface area contributed by atoms with Crippen LogP contribution in [0.15, 0.2) is 29.8 Å². The summed E-state index contributed by atoms with van der Waals surface area (Å²) in [6.45, 7) is 3.42. The van der Waals surface area contributed by atoms with Crippen molar-refractivity contribution in [3.8, 4) is 0 Å². The molecule has 2 N–H and O–H groups in total. The normalized spacial score (nSPS) is 20.8. The van der Waals surface area contributed by atoms with Crippen molar-refractivity contribution in [2.24, 2.45) is 11.7 Å². The van der Waals surface area contributed by atoms with Crippen LogP contribution in [0, 0.1) is 23.4 Å². The van der Waals surface area contributed by atoms with Gasteiger partial charge in [0.15, 0.2) is 17.4 Å². The highest BCUT2D eigenvalue weighted by atomic mass is 19.1. The summed E-state index contributed by atoms with van der Waals surface area (Å²) in [7, 11) is 0. The Morgan fingerprint density at radius 1 is 1.20 bits per heavy atom. The quantitative estimate of drug-likeness (QED) is 0.640. The Labute approximate surface area is 200 Å². The molecule has 0 amide bonds. The van der Waals surface area contributed by atoms with E-state index in [0.717, 1.165) is 12.1 Å². The van der Waals surface area contributed by atoms with E-state index < -0.39 is 29.2 Å². The van der Waals surface area contributed by atoms with Gasteiger partial charge in [-0.05, 0) is 31.2 Å². The van der Waals surface area contributed by atoms with Gasteiger partial charge in [-0.2, -0.15) is 0 Å². The van der Waals surface area contributed by atoms with Gasteiger partial charge in [-0.25, -0.2) is 22.9 Å². The van der Waals surface area contributed by atoms with Crippen LogP contribution in [0.5, 0.6) is 0 Å². The second-order valence-corrected chi connectivity index (χ2v) is 8.60. The summed E-state index contributed by atoms with van der Waals surface area (Å²) >= 11 is 0. The molecule has 2 aromatic rings. The van der Waals surface area contributed by atoms with Crippen molar-refractivity contribution in [2.45, 2.75) is 12.7 Å². The monoisotopic (exact) mass is 490 g/mol. The van der Waals surface area contributed by atoms with Crippen LogP contribution in [-0.4, -0.2) is 62.7 Å². The average Bonchev–Trinajstić information content (AvgIpc) is 3.45. The number of aromatic nitrogens is 1. The number of hydrogen-bond acceptors (Lipinski definition) is 8. The highest BCUT2D eigenvalue weighted by Crippen LogP contribution is 2.41. The third kappa shape index (κ3) is 4.13. The predicted octanol–water partition coefficient (Wildman–Crippen LogP) is 2.74. The lowest BCUT2D eigenvalue weighted by molar-refractivity contribution is -0.166. The number of ether oxygens (including phenoxy) is 3. The van der Waals surface area contributed by atoms with E-state index >= 15 is 4.39 Å². The summed E-state index contributed by atoms with van der Waals surface area (Å²) in [6, 6.07) is 4.34. The number of nitrogens with two attached hydrogens (primary N) is 1. The van der Waals surface area contributed by atoms with E-state index in [9.17, 15) is 13.6 Å². The summed E-state index contributed by atoms with van der Waals surface area (Å²) in [4.78, 5) is 20.1. The molecule has 1 aromatic heterocycles. The molecule has 186 valence electrons. The maximum absolute atomic E-state index is 15.4. The Hall–Kier alpha value is -3.15. The van der Waals surface area contributed by atoms with Gasteiger partial charge in [-0.15, -0.1) is 0 Å². The first kappa shape index (κ1) is 23.6. The Morgan fingerprint density at radius 3 is 2.66 bits per heavy atom. The molecular formula is C24H25F3N4O4. The van der Waals surface area contributed by atoms with Gasteiger partial charge in [-0.1, -0.05) is 0 Å². The van der Waals surface area contributed by atoms with Crippen molar-refractivity contribution in [1.29, 1.82) is 0 Å². The molecule has 0 radical (unpaired) electrons. The zero-order chi connectivity index (χ0) is 24.7. The molecule has 0 bridgehead atoms. The minimum absolute atomic E-state index is 0.00667. The van der Waals surface area contributed by atoms with Gasteiger partial charge in [0.2, 0.25) is 0 Å². The molecule has 1 aromatic carbocycles. The standard InChI is InChI=1S/C24H25F3N4O4/c1-2-33-23(32)15-7-14-8-19(27)22(30-12-16(10-28)24(13-30)34-5-6-35-24)29-21(14)31(11-15)20-4-3-17(25)9-18(20)26/h3-4,7-9,16H,2,5-6,10-13,28H2,1H3. The number of fused-ring (bicyclic) bond motifs is 1. The lowest BCUT2D eigenvalue weighted by atomic mass is 10.0. The summed E-state index contributed by atoms with van der Waals surface area (Å²) in [5.41, 5.74) is 6.39. The lowest BCUT2D eigenvalue weighted by Gasteiger charge is -2.31. The highest BCUT2D eigenvalue weighted by Gasteiger charge is 2.51. The topological polar surface area (TPSA) is 90.2 Å². The fourth-order valence-electron chi connectivity index (χ4n) is 4.83. The molecule has 8 nitrogen and oxygen atoms in total.